The third-order valence-electron chi connectivity index (χ3n) is 3.27. The molecular formula is C14H9ClF3N5O2S. The highest BCUT2D eigenvalue weighted by molar-refractivity contribution is 7.92. The van der Waals surface area contributed by atoms with Crippen molar-refractivity contribution in [2.24, 2.45) is 0 Å². The van der Waals surface area contributed by atoms with E-state index in [4.69, 9.17) is 11.6 Å². The number of aromatic nitrogens is 4. The van der Waals surface area contributed by atoms with Gasteiger partial charge in [-0.25, -0.2) is 8.42 Å². The number of benzene rings is 2. The van der Waals surface area contributed by atoms with Crippen LogP contribution in [0.25, 0.3) is 11.4 Å². The molecule has 0 radical (unpaired) electrons. The number of hydrogen-bond donors (Lipinski definition) is 2. The van der Waals surface area contributed by atoms with Gasteiger partial charge in [0.2, 0.25) is 5.82 Å². The van der Waals surface area contributed by atoms with Gasteiger partial charge in [0.15, 0.2) is 0 Å². The van der Waals surface area contributed by atoms with Crippen molar-refractivity contribution in [2.75, 3.05) is 4.72 Å². The third-order valence-corrected chi connectivity index (χ3v) is 5.13. The van der Waals surface area contributed by atoms with E-state index in [1.54, 1.807) is 6.07 Å². The number of rotatable bonds is 4. The Morgan fingerprint density at radius 2 is 1.88 bits per heavy atom. The van der Waals surface area contributed by atoms with Gasteiger partial charge in [0.25, 0.3) is 10.0 Å². The molecule has 0 fully saturated rings. The average molecular weight is 404 g/mol. The van der Waals surface area contributed by atoms with Crippen LogP contribution in [0.1, 0.15) is 5.56 Å². The molecule has 0 aliphatic heterocycles. The maximum Gasteiger partial charge on any atom is 0.416 e. The fraction of sp³-hybridized carbons (Fsp3) is 0.0714. The number of H-pyrrole nitrogens is 1. The summed E-state index contributed by atoms with van der Waals surface area (Å²) in [7, 11) is -4.36. The molecule has 12 heteroatoms. The summed E-state index contributed by atoms with van der Waals surface area (Å²) in [4.78, 5) is -0.682. The molecular weight excluding hydrogens is 395 g/mol. The molecule has 0 saturated carbocycles. The summed E-state index contributed by atoms with van der Waals surface area (Å²) in [6.45, 7) is 0. The van der Waals surface area contributed by atoms with Gasteiger partial charge in [-0.3, -0.25) is 4.72 Å². The Morgan fingerprint density at radius 3 is 2.54 bits per heavy atom. The molecule has 0 spiro atoms. The van der Waals surface area contributed by atoms with E-state index in [2.05, 4.69) is 25.3 Å². The van der Waals surface area contributed by atoms with E-state index in [0.29, 0.717) is 17.7 Å². The number of aromatic amines is 1. The zero-order chi connectivity index (χ0) is 18.9. The molecule has 2 N–H and O–H groups in total. The van der Waals surface area contributed by atoms with E-state index in [-0.39, 0.29) is 16.5 Å². The first-order valence-corrected chi connectivity index (χ1v) is 8.76. The van der Waals surface area contributed by atoms with Gasteiger partial charge in [-0.2, -0.15) is 18.4 Å². The Balaban J connectivity index is 1.96. The zero-order valence-corrected chi connectivity index (χ0v) is 14.2. The normalized spacial score (nSPS) is 12.2. The number of alkyl halides is 3. The highest BCUT2D eigenvalue weighted by Gasteiger charge is 2.32. The van der Waals surface area contributed by atoms with Crippen molar-refractivity contribution >= 4 is 27.3 Å². The molecule has 3 aromatic rings. The lowest BCUT2D eigenvalue weighted by atomic mass is 10.2. The van der Waals surface area contributed by atoms with Gasteiger partial charge in [-0.1, -0.05) is 23.7 Å². The molecule has 2 aromatic carbocycles. The second-order valence-corrected chi connectivity index (χ2v) is 7.12. The molecule has 0 bridgehead atoms. The lowest BCUT2D eigenvalue weighted by Gasteiger charge is -2.13. The van der Waals surface area contributed by atoms with Gasteiger partial charge in [0.05, 0.1) is 10.6 Å². The molecule has 1 heterocycles. The van der Waals surface area contributed by atoms with Gasteiger partial charge in [-0.05, 0) is 35.5 Å². The van der Waals surface area contributed by atoms with Crippen molar-refractivity contribution in [3.05, 3.63) is 53.1 Å². The fourth-order valence-corrected chi connectivity index (χ4v) is 3.68. The minimum atomic E-state index is -4.70. The fourth-order valence-electron chi connectivity index (χ4n) is 2.10. The van der Waals surface area contributed by atoms with Crippen LogP contribution in [0, 0.1) is 0 Å². The molecule has 0 aliphatic carbocycles. The van der Waals surface area contributed by atoms with Crippen LogP contribution < -0.4 is 4.72 Å². The highest BCUT2D eigenvalue weighted by atomic mass is 35.5. The predicted molar refractivity (Wildman–Crippen MR) is 86.9 cm³/mol. The summed E-state index contributed by atoms with van der Waals surface area (Å²) in [5.74, 6) is 0.225. The van der Waals surface area contributed by atoms with Crippen molar-refractivity contribution in [3.63, 3.8) is 0 Å². The molecule has 7 nitrogen and oxygen atoms in total. The van der Waals surface area contributed by atoms with E-state index >= 15 is 0 Å². The Labute approximate surface area is 150 Å². The summed E-state index contributed by atoms with van der Waals surface area (Å²) >= 11 is 5.79. The number of tetrazole rings is 1. The van der Waals surface area contributed by atoms with Crippen molar-refractivity contribution in [1.82, 2.24) is 20.6 Å². The standard InChI is InChI=1S/C14H9ClF3N5O2S/c15-11-5-4-9(14(16,17)18)7-12(11)26(24,25)21-10-3-1-2-8(6-10)13-19-22-23-20-13/h1-7,21H,(H,19,20,22,23). The Morgan fingerprint density at radius 1 is 1.12 bits per heavy atom. The maximum atomic E-state index is 12.8. The molecule has 136 valence electrons. The van der Waals surface area contributed by atoms with E-state index in [1.165, 1.54) is 18.2 Å². The molecule has 1 aromatic heterocycles. The average Bonchev–Trinajstić information content (AvgIpc) is 3.08. The highest BCUT2D eigenvalue weighted by Crippen LogP contribution is 2.34. The summed E-state index contributed by atoms with van der Waals surface area (Å²) in [6.07, 6.45) is -4.70. The van der Waals surface area contributed by atoms with Crippen LogP contribution in [0.4, 0.5) is 18.9 Å². The maximum absolute atomic E-state index is 12.8. The Hall–Kier alpha value is -2.66. The van der Waals surface area contributed by atoms with Crippen molar-refractivity contribution in [1.29, 1.82) is 0 Å². The minimum Gasteiger partial charge on any atom is -0.280 e. The minimum absolute atomic E-state index is 0.0979. The molecule has 0 saturated heterocycles. The first-order valence-electron chi connectivity index (χ1n) is 6.90. The number of anilines is 1. The first kappa shape index (κ1) is 18.1. The molecule has 0 amide bonds. The monoisotopic (exact) mass is 403 g/mol. The van der Waals surface area contributed by atoms with Crippen LogP contribution in [-0.2, 0) is 16.2 Å². The summed E-state index contributed by atoms with van der Waals surface area (Å²) in [6, 6.07) is 8.03. The van der Waals surface area contributed by atoms with Crippen LogP contribution in [-0.4, -0.2) is 29.0 Å². The van der Waals surface area contributed by atoms with Gasteiger partial charge in [0.1, 0.15) is 4.90 Å². The second-order valence-electron chi connectivity index (χ2n) is 5.06. The summed E-state index contributed by atoms with van der Waals surface area (Å²) in [5.41, 5.74) is -0.572. The third kappa shape index (κ3) is 3.78. The van der Waals surface area contributed by atoms with Crippen LogP contribution in [0.2, 0.25) is 5.02 Å². The SMILES string of the molecule is O=S(=O)(Nc1cccc(-c2nn[nH]n2)c1)c1cc(C(F)(F)F)ccc1Cl. The molecule has 3 rings (SSSR count). The van der Waals surface area contributed by atoms with E-state index < -0.39 is 26.7 Å². The second kappa shape index (κ2) is 6.57. The van der Waals surface area contributed by atoms with E-state index in [9.17, 15) is 21.6 Å². The molecule has 0 atom stereocenters. The van der Waals surface area contributed by atoms with Crippen LogP contribution in [0.5, 0.6) is 0 Å². The first-order chi connectivity index (χ1) is 12.2. The summed E-state index contributed by atoms with van der Waals surface area (Å²) < 4.78 is 65.7. The lowest BCUT2D eigenvalue weighted by Crippen LogP contribution is -2.15. The van der Waals surface area contributed by atoms with Crippen LogP contribution in [0.3, 0.4) is 0 Å². The Kier molecular flexibility index (Phi) is 4.59. The molecule has 0 unspecified atom stereocenters. The quantitative estimate of drug-likeness (QED) is 0.695. The number of hydrogen-bond acceptors (Lipinski definition) is 5. The van der Waals surface area contributed by atoms with Crippen LogP contribution >= 0.6 is 11.6 Å². The van der Waals surface area contributed by atoms with Crippen molar-refractivity contribution < 1.29 is 21.6 Å². The van der Waals surface area contributed by atoms with Crippen molar-refractivity contribution in [3.8, 4) is 11.4 Å². The van der Waals surface area contributed by atoms with Gasteiger partial charge in [0, 0.05) is 11.3 Å². The van der Waals surface area contributed by atoms with E-state index in [0.717, 1.165) is 6.07 Å². The zero-order valence-electron chi connectivity index (χ0n) is 12.6. The number of nitrogens with zero attached hydrogens (tertiary/aromatic N) is 3. The molecule has 26 heavy (non-hydrogen) atoms. The predicted octanol–water partition coefficient (Wildman–Crippen LogP) is 3.34. The van der Waals surface area contributed by atoms with Gasteiger partial charge in [-0.15, -0.1) is 10.2 Å². The van der Waals surface area contributed by atoms with Crippen molar-refractivity contribution in [2.45, 2.75) is 11.1 Å². The topological polar surface area (TPSA) is 101 Å². The number of sulfonamides is 1. The number of nitrogens with one attached hydrogen (secondary N) is 2. The Bertz CT molecular complexity index is 1040. The summed E-state index contributed by atoms with van der Waals surface area (Å²) in [5, 5.41) is 12.8. The molecule has 0 aliphatic rings. The largest absolute Gasteiger partial charge is 0.416 e. The lowest BCUT2D eigenvalue weighted by molar-refractivity contribution is -0.137. The van der Waals surface area contributed by atoms with Crippen LogP contribution in [0.15, 0.2) is 47.4 Å². The van der Waals surface area contributed by atoms with E-state index in [1.807, 2.05) is 0 Å². The van der Waals surface area contributed by atoms with Gasteiger partial charge < -0.3 is 0 Å². The number of halogens is 4. The smallest absolute Gasteiger partial charge is 0.280 e. The van der Waals surface area contributed by atoms with Gasteiger partial charge >= 0.3 is 6.18 Å².